The Morgan fingerprint density at radius 1 is 1.19 bits per heavy atom. The molecule has 1 fully saturated rings. The number of imidazole rings is 1. The van der Waals surface area contributed by atoms with Crippen LogP contribution in [0.2, 0.25) is 0 Å². The van der Waals surface area contributed by atoms with Gasteiger partial charge in [0.2, 0.25) is 0 Å². The van der Waals surface area contributed by atoms with Gasteiger partial charge in [0.05, 0.1) is 11.9 Å². The van der Waals surface area contributed by atoms with E-state index in [1.54, 1.807) is 12.5 Å². The summed E-state index contributed by atoms with van der Waals surface area (Å²) in [6, 6.07) is 13.0. The van der Waals surface area contributed by atoms with Gasteiger partial charge in [0.15, 0.2) is 5.65 Å². The van der Waals surface area contributed by atoms with Crippen LogP contribution in [0.3, 0.4) is 0 Å². The van der Waals surface area contributed by atoms with Gasteiger partial charge in [-0.15, -0.1) is 0 Å². The molecule has 1 aliphatic rings. The van der Waals surface area contributed by atoms with Gasteiger partial charge < -0.3 is 9.88 Å². The largest absolute Gasteiger partial charge is 0.349 e. The molecule has 1 atom stereocenters. The number of hydrogen-bond acceptors (Lipinski definition) is 4. The van der Waals surface area contributed by atoms with E-state index in [1.165, 1.54) is 5.56 Å². The first-order valence-corrected chi connectivity index (χ1v) is 9.49. The molecule has 6 nitrogen and oxygen atoms in total. The number of pyridine rings is 1. The first-order chi connectivity index (χ1) is 13.1. The minimum absolute atomic E-state index is 0.0652. The minimum Gasteiger partial charge on any atom is -0.349 e. The van der Waals surface area contributed by atoms with Crippen LogP contribution >= 0.6 is 0 Å². The zero-order valence-corrected chi connectivity index (χ0v) is 15.8. The van der Waals surface area contributed by atoms with E-state index < -0.39 is 0 Å². The van der Waals surface area contributed by atoms with Crippen molar-refractivity contribution < 1.29 is 4.79 Å². The molecule has 0 unspecified atom stereocenters. The monoisotopic (exact) mass is 363 g/mol. The molecule has 140 valence electrons. The fourth-order valence-corrected chi connectivity index (χ4v) is 3.78. The van der Waals surface area contributed by atoms with Crippen molar-refractivity contribution in [2.75, 3.05) is 13.1 Å². The summed E-state index contributed by atoms with van der Waals surface area (Å²) in [5, 5.41) is 3.17. The Balaban J connectivity index is 1.35. The summed E-state index contributed by atoms with van der Waals surface area (Å²) in [7, 11) is 1.90. The molecular weight excluding hydrogens is 338 g/mol. The lowest BCUT2D eigenvalue weighted by Crippen LogP contribution is -2.45. The first-order valence-electron chi connectivity index (χ1n) is 9.49. The van der Waals surface area contributed by atoms with E-state index in [0.717, 1.165) is 37.1 Å². The second-order valence-corrected chi connectivity index (χ2v) is 7.29. The van der Waals surface area contributed by atoms with Crippen molar-refractivity contribution in [1.29, 1.82) is 0 Å². The van der Waals surface area contributed by atoms with Crippen LogP contribution in [0.1, 0.15) is 41.7 Å². The Morgan fingerprint density at radius 3 is 2.67 bits per heavy atom. The number of aromatic nitrogens is 3. The SMILES string of the molecule is C[C@H](c1ccccc1)N1CCC(NC(=O)c2cnc3c(c2)ncn3C)CC1. The van der Waals surface area contributed by atoms with Crippen molar-refractivity contribution >= 4 is 17.1 Å². The van der Waals surface area contributed by atoms with E-state index in [0.29, 0.717) is 11.6 Å². The number of piperidine rings is 1. The number of nitrogens with one attached hydrogen (secondary N) is 1. The highest BCUT2D eigenvalue weighted by molar-refractivity contribution is 5.96. The third kappa shape index (κ3) is 3.71. The molecule has 0 bridgehead atoms. The van der Waals surface area contributed by atoms with E-state index in [2.05, 4.69) is 57.4 Å². The van der Waals surface area contributed by atoms with Gasteiger partial charge in [0.1, 0.15) is 5.52 Å². The molecule has 1 amide bonds. The molecule has 0 aliphatic carbocycles. The highest BCUT2D eigenvalue weighted by Gasteiger charge is 2.25. The number of carbonyl (C=O) groups excluding carboxylic acids is 1. The number of aryl methyl sites for hydroxylation is 1. The summed E-state index contributed by atoms with van der Waals surface area (Å²) in [4.78, 5) is 23.7. The van der Waals surface area contributed by atoms with Crippen LogP contribution in [0.5, 0.6) is 0 Å². The van der Waals surface area contributed by atoms with Crippen LogP contribution in [-0.4, -0.2) is 44.5 Å². The Hall–Kier alpha value is -2.73. The summed E-state index contributed by atoms with van der Waals surface area (Å²) < 4.78 is 1.85. The third-order valence-electron chi connectivity index (χ3n) is 5.51. The van der Waals surface area contributed by atoms with E-state index in [-0.39, 0.29) is 11.9 Å². The summed E-state index contributed by atoms with van der Waals surface area (Å²) in [5.41, 5.74) is 3.45. The molecule has 3 heterocycles. The first kappa shape index (κ1) is 17.7. The molecule has 1 aliphatic heterocycles. The maximum Gasteiger partial charge on any atom is 0.253 e. The van der Waals surface area contributed by atoms with Crippen molar-refractivity contribution in [3.63, 3.8) is 0 Å². The molecule has 0 spiro atoms. The Bertz CT molecular complexity index is 928. The van der Waals surface area contributed by atoms with Crippen LogP contribution in [0.15, 0.2) is 48.9 Å². The summed E-state index contributed by atoms with van der Waals surface area (Å²) >= 11 is 0. The van der Waals surface area contributed by atoms with Crippen molar-refractivity contribution in [3.05, 3.63) is 60.0 Å². The van der Waals surface area contributed by atoms with Gasteiger partial charge in [-0.25, -0.2) is 9.97 Å². The smallest absolute Gasteiger partial charge is 0.253 e. The van der Waals surface area contributed by atoms with E-state index in [1.807, 2.05) is 17.7 Å². The summed E-state index contributed by atoms with van der Waals surface area (Å²) in [6.45, 7) is 4.22. The average molecular weight is 363 g/mol. The lowest BCUT2D eigenvalue weighted by Gasteiger charge is -2.36. The second-order valence-electron chi connectivity index (χ2n) is 7.29. The second kappa shape index (κ2) is 7.48. The highest BCUT2D eigenvalue weighted by atomic mass is 16.1. The number of likely N-dealkylation sites (tertiary alicyclic amines) is 1. The lowest BCUT2D eigenvalue weighted by molar-refractivity contribution is 0.0896. The molecule has 1 aromatic carbocycles. The lowest BCUT2D eigenvalue weighted by atomic mass is 10.00. The molecule has 0 saturated carbocycles. The maximum atomic E-state index is 12.6. The van der Waals surface area contributed by atoms with E-state index in [9.17, 15) is 4.79 Å². The number of amides is 1. The van der Waals surface area contributed by atoms with Gasteiger partial charge in [-0.1, -0.05) is 30.3 Å². The Morgan fingerprint density at radius 2 is 1.93 bits per heavy atom. The standard InChI is InChI=1S/C21H25N5O/c1-15(16-6-4-3-5-7-16)26-10-8-18(9-11-26)24-21(27)17-12-19-20(22-13-17)25(2)14-23-19/h3-7,12-15,18H,8-11H2,1-2H3,(H,24,27)/t15-/m1/s1. The molecule has 3 aromatic rings. The number of benzene rings is 1. The van der Waals surface area contributed by atoms with Gasteiger partial charge >= 0.3 is 0 Å². The topological polar surface area (TPSA) is 63.1 Å². The van der Waals surface area contributed by atoms with Crippen molar-refractivity contribution in [1.82, 2.24) is 24.8 Å². The number of nitrogens with zero attached hydrogens (tertiary/aromatic N) is 4. The van der Waals surface area contributed by atoms with E-state index in [4.69, 9.17) is 0 Å². The molecule has 1 N–H and O–H groups in total. The quantitative estimate of drug-likeness (QED) is 0.774. The predicted molar refractivity (Wildman–Crippen MR) is 105 cm³/mol. The normalized spacial score (nSPS) is 17.1. The number of carbonyl (C=O) groups is 1. The Labute approximate surface area is 159 Å². The molecule has 1 saturated heterocycles. The van der Waals surface area contributed by atoms with Crippen molar-refractivity contribution in [2.45, 2.75) is 31.8 Å². The van der Waals surface area contributed by atoms with Gasteiger partial charge in [0, 0.05) is 38.4 Å². The summed E-state index contributed by atoms with van der Waals surface area (Å²) in [6.07, 6.45) is 5.26. The number of fused-ring (bicyclic) bond motifs is 1. The predicted octanol–water partition coefficient (Wildman–Crippen LogP) is 2.92. The fourth-order valence-electron chi connectivity index (χ4n) is 3.78. The number of rotatable bonds is 4. The fraction of sp³-hybridized carbons (Fsp3) is 0.381. The van der Waals surface area contributed by atoms with Crippen LogP contribution in [0.25, 0.3) is 11.2 Å². The van der Waals surface area contributed by atoms with Gasteiger partial charge in [-0.3, -0.25) is 9.69 Å². The maximum absolute atomic E-state index is 12.6. The minimum atomic E-state index is -0.0652. The molecule has 6 heteroatoms. The number of hydrogen-bond donors (Lipinski definition) is 1. The van der Waals surface area contributed by atoms with Crippen LogP contribution in [-0.2, 0) is 7.05 Å². The Kier molecular flexibility index (Phi) is 4.90. The van der Waals surface area contributed by atoms with Gasteiger partial charge in [0.25, 0.3) is 5.91 Å². The van der Waals surface area contributed by atoms with Gasteiger partial charge in [-0.05, 0) is 31.4 Å². The van der Waals surface area contributed by atoms with Crippen LogP contribution in [0, 0.1) is 0 Å². The van der Waals surface area contributed by atoms with Gasteiger partial charge in [-0.2, -0.15) is 0 Å². The average Bonchev–Trinajstić information content (AvgIpc) is 3.09. The highest BCUT2D eigenvalue weighted by Crippen LogP contribution is 2.24. The molecular formula is C21H25N5O. The molecule has 0 radical (unpaired) electrons. The molecule has 2 aromatic heterocycles. The van der Waals surface area contributed by atoms with E-state index >= 15 is 0 Å². The van der Waals surface area contributed by atoms with Crippen LogP contribution < -0.4 is 5.32 Å². The third-order valence-corrected chi connectivity index (χ3v) is 5.51. The van der Waals surface area contributed by atoms with Crippen molar-refractivity contribution in [3.8, 4) is 0 Å². The zero-order chi connectivity index (χ0) is 18.8. The molecule has 4 rings (SSSR count). The summed E-state index contributed by atoms with van der Waals surface area (Å²) in [5.74, 6) is -0.0652. The van der Waals surface area contributed by atoms with Crippen molar-refractivity contribution in [2.24, 2.45) is 7.05 Å². The van der Waals surface area contributed by atoms with Crippen LogP contribution in [0.4, 0.5) is 0 Å². The molecule has 27 heavy (non-hydrogen) atoms. The zero-order valence-electron chi connectivity index (χ0n) is 15.8.